The lowest BCUT2D eigenvalue weighted by Gasteiger charge is -2.14. The standard InChI is InChI=1S/C38H33Br2ClFN5O7/c1-50-33-19-32-26(37(45-21-44-32)46-23-6-7-30(42)29(41)17-23)18-34(33)53-13-12-52-11-10-51-9-8-43-35(48)20-54-36-27(39)15-22(16-28(36)40)14-25-24-4-2-3-5-31(24)47-38(25)49/h2-7,14-19,21H,8-13,20H2,1H3,(H,43,48)(H,47,49)(H,44,45,46)/b25-14-. The third kappa shape index (κ3) is 9.84. The highest BCUT2D eigenvalue weighted by Gasteiger charge is 2.23. The van der Waals surface area contributed by atoms with Gasteiger partial charge >= 0.3 is 0 Å². The molecule has 0 atom stereocenters. The summed E-state index contributed by atoms with van der Waals surface area (Å²) < 4.78 is 43.3. The molecule has 1 aromatic heterocycles. The third-order valence-electron chi connectivity index (χ3n) is 7.92. The van der Waals surface area contributed by atoms with Crippen molar-refractivity contribution in [1.82, 2.24) is 15.3 Å². The van der Waals surface area contributed by atoms with E-state index in [-0.39, 0.29) is 43.3 Å². The maximum absolute atomic E-state index is 13.6. The Hall–Kier alpha value is -4.80. The average Bonchev–Trinajstić information content (AvgIpc) is 3.47. The number of anilines is 3. The molecule has 0 aliphatic carbocycles. The van der Waals surface area contributed by atoms with Crippen molar-refractivity contribution in [3.05, 3.63) is 104 Å². The van der Waals surface area contributed by atoms with Gasteiger partial charge in [-0.25, -0.2) is 14.4 Å². The lowest BCUT2D eigenvalue weighted by atomic mass is 10.0. The van der Waals surface area contributed by atoms with Gasteiger partial charge in [-0.05, 0) is 86.0 Å². The monoisotopic (exact) mass is 883 g/mol. The predicted octanol–water partition coefficient (Wildman–Crippen LogP) is 7.80. The molecule has 16 heteroatoms. The molecule has 5 aromatic rings. The number of halogens is 4. The van der Waals surface area contributed by atoms with Crippen molar-refractivity contribution >= 4 is 95.0 Å². The summed E-state index contributed by atoms with van der Waals surface area (Å²) in [6.07, 6.45) is 3.21. The van der Waals surface area contributed by atoms with Crippen LogP contribution >= 0.6 is 43.5 Å². The number of ether oxygens (including phenoxy) is 5. The molecule has 54 heavy (non-hydrogen) atoms. The van der Waals surface area contributed by atoms with Crippen LogP contribution < -0.4 is 30.2 Å². The Labute approximate surface area is 331 Å². The summed E-state index contributed by atoms with van der Waals surface area (Å²) in [6, 6.07) is 18.9. The van der Waals surface area contributed by atoms with Crippen molar-refractivity contribution in [1.29, 1.82) is 0 Å². The maximum atomic E-state index is 13.6. The molecule has 4 aromatic carbocycles. The van der Waals surface area contributed by atoms with E-state index < -0.39 is 5.82 Å². The highest BCUT2D eigenvalue weighted by molar-refractivity contribution is 9.11. The Balaban J connectivity index is 0.879. The highest BCUT2D eigenvalue weighted by Crippen LogP contribution is 2.38. The number of carbonyl (C=O) groups excluding carboxylic acids is 2. The van der Waals surface area contributed by atoms with Crippen LogP contribution in [0.4, 0.5) is 21.6 Å². The van der Waals surface area contributed by atoms with Gasteiger partial charge in [-0.3, -0.25) is 9.59 Å². The van der Waals surface area contributed by atoms with Crippen LogP contribution in [0, 0.1) is 5.82 Å². The van der Waals surface area contributed by atoms with Gasteiger partial charge in [0.1, 0.15) is 30.3 Å². The van der Waals surface area contributed by atoms with Gasteiger partial charge in [0.15, 0.2) is 18.1 Å². The molecule has 12 nitrogen and oxygen atoms in total. The number of methoxy groups -OCH3 is 1. The molecule has 0 radical (unpaired) electrons. The number of benzene rings is 4. The molecule has 1 aliphatic heterocycles. The molecule has 0 saturated heterocycles. The number of nitrogens with zero attached hydrogens (tertiary/aromatic N) is 2. The van der Waals surface area contributed by atoms with Crippen LogP contribution in [0.5, 0.6) is 17.2 Å². The quantitative estimate of drug-likeness (QED) is 0.0626. The second kappa shape index (κ2) is 18.5. The lowest BCUT2D eigenvalue weighted by molar-refractivity contribution is -0.123. The summed E-state index contributed by atoms with van der Waals surface area (Å²) in [5, 5.41) is 9.41. The van der Waals surface area contributed by atoms with E-state index in [0.29, 0.717) is 73.9 Å². The minimum atomic E-state index is -0.517. The SMILES string of the molecule is COc1cc2ncnc(Nc3ccc(F)c(Cl)c3)c2cc1OCCOCCOCCNC(=O)COc1c(Br)cc(/C=C2\C(=O)Nc3ccccc32)cc1Br. The first-order valence-corrected chi connectivity index (χ1v) is 18.5. The molecular weight excluding hydrogens is 853 g/mol. The van der Waals surface area contributed by atoms with Gasteiger partial charge in [0.2, 0.25) is 0 Å². The van der Waals surface area contributed by atoms with Crippen LogP contribution in [0.3, 0.4) is 0 Å². The Kier molecular flexibility index (Phi) is 13.3. The van der Waals surface area contributed by atoms with Gasteiger partial charge in [-0.1, -0.05) is 29.8 Å². The van der Waals surface area contributed by atoms with E-state index in [9.17, 15) is 14.0 Å². The highest BCUT2D eigenvalue weighted by atomic mass is 79.9. The number of para-hydroxylation sites is 1. The van der Waals surface area contributed by atoms with Crippen molar-refractivity contribution in [2.45, 2.75) is 0 Å². The maximum Gasteiger partial charge on any atom is 0.258 e. The number of amides is 2. The van der Waals surface area contributed by atoms with E-state index in [1.54, 1.807) is 24.3 Å². The number of hydrogen-bond acceptors (Lipinski definition) is 10. The van der Waals surface area contributed by atoms with E-state index in [1.165, 1.54) is 25.6 Å². The van der Waals surface area contributed by atoms with Crippen LogP contribution in [0.15, 0.2) is 82.0 Å². The van der Waals surface area contributed by atoms with Crippen molar-refractivity contribution < 1.29 is 37.7 Å². The normalized spacial score (nSPS) is 12.8. The Morgan fingerprint density at radius 2 is 1.69 bits per heavy atom. The summed E-state index contributed by atoms with van der Waals surface area (Å²) in [5.41, 5.74) is 4.13. The van der Waals surface area contributed by atoms with E-state index in [1.807, 2.05) is 36.4 Å². The predicted molar refractivity (Wildman–Crippen MR) is 211 cm³/mol. The smallest absolute Gasteiger partial charge is 0.258 e. The van der Waals surface area contributed by atoms with Gasteiger partial charge in [0.05, 0.1) is 53.0 Å². The number of aromatic nitrogens is 2. The van der Waals surface area contributed by atoms with Crippen LogP contribution in [-0.4, -0.2) is 75.1 Å². The third-order valence-corrected chi connectivity index (χ3v) is 9.39. The van der Waals surface area contributed by atoms with Crippen molar-refractivity contribution in [2.24, 2.45) is 0 Å². The molecule has 280 valence electrons. The van der Waals surface area contributed by atoms with E-state index >= 15 is 0 Å². The van der Waals surface area contributed by atoms with Gasteiger partial charge < -0.3 is 39.6 Å². The molecule has 0 fully saturated rings. The van der Waals surface area contributed by atoms with Crippen molar-refractivity contribution in [3.63, 3.8) is 0 Å². The fraction of sp³-hybridized carbons (Fsp3) is 0.211. The van der Waals surface area contributed by atoms with Crippen molar-refractivity contribution in [2.75, 3.05) is 63.9 Å². The molecular formula is C38H33Br2ClFN5O7. The number of hydrogen-bond donors (Lipinski definition) is 3. The first kappa shape index (κ1) is 38.9. The minimum Gasteiger partial charge on any atom is -0.493 e. The Bertz CT molecular complexity index is 2190. The fourth-order valence-corrected chi connectivity index (χ4v) is 7.01. The number of fused-ring (bicyclic) bond motifs is 2. The molecule has 2 heterocycles. The number of rotatable bonds is 17. The second-order valence-electron chi connectivity index (χ2n) is 11.6. The van der Waals surface area contributed by atoms with E-state index in [0.717, 1.165) is 16.8 Å². The largest absolute Gasteiger partial charge is 0.493 e. The van der Waals surface area contributed by atoms with Gasteiger partial charge in [0.25, 0.3) is 11.8 Å². The molecule has 0 spiro atoms. The minimum absolute atomic E-state index is 0.0105. The second-order valence-corrected chi connectivity index (χ2v) is 13.7. The van der Waals surface area contributed by atoms with Crippen molar-refractivity contribution in [3.8, 4) is 17.2 Å². The first-order chi connectivity index (χ1) is 26.2. The van der Waals surface area contributed by atoms with Gasteiger partial charge in [0, 0.05) is 40.5 Å². The molecule has 6 rings (SSSR count). The zero-order valence-electron chi connectivity index (χ0n) is 28.7. The summed E-state index contributed by atoms with van der Waals surface area (Å²) in [5.74, 6) is 0.906. The zero-order valence-corrected chi connectivity index (χ0v) is 32.6. The fourth-order valence-electron chi connectivity index (χ4n) is 5.38. The number of carbonyl (C=O) groups is 2. The molecule has 3 N–H and O–H groups in total. The van der Waals surface area contributed by atoms with E-state index in [4.69, 9.17) is 35.3 Å². The summed E-state index contributed by atoms with van der Waals surface area (Å²) >= 11 is 13.0. The molecule has 2 amide bonds. The lowest BCUT2D eigenvalue weighted by Crippen LogP contribution is -2.32. The molecule has 0 bridgehead atoms. The number of nitrogens with one attached hydrogen (secondary N) is 3. The molecule has 1 aliphatic rings. The topological polar surface area (TPSA) is 142 Å². The zero-order chi connectivity index (χ0) is 38.0. The summed E-state index contributed by atoms with van der Waals surface area (Å²) in [6.45, 7) is 1.54. The summed E-state index contributed by atoms with van der Waals surface area (Å²) in [4.78, 5) is 33.5. The Morgan fingerprint density at radius 3 is 2.46 bits per heavy atom. The summed E-state index contributed by atoms with van der Waals surface area (Å²) in [7, 11) is 1.54. The van der Waals surface area contributed by atoms with Gasteiger partial charge in [-0.15, -0.1) is 0 Å². The molecule has 0 unspecified atom stereocenters. The molecule has 0 saturated carbocycles. The van der Waals surface area contributed by atoms with Crippen LogP contribution in [0.1, 0.15) is 11.1 Å². The average molecular weight is 886 g/mol. The Morgan fingerprint density at radius 1 is 0.926 bits per heavy atom. The van der Waals surface area contributed by atoms with Gasteiger partial charge in [-0.2, -0.15) is 0 Å². The van der Waals surface area contributed by atoms with Crippen LogP contribution in [0.25, 0.3) is 22.6 Å². The van der Waals surface area contributed by atoms with E-state index in [2.05, 4.69) is 57.8 Å². The van der Waals surface area contributed by atoms with Crippen LogP contribution in [0.2, 0.25) is 5.02 Å². The first-order valence-electron chi connectivity index (χ1n) is 16.5. The van der Waals surface area contributed by atoms with Crippen LogP contribution in [-0.2, 0) is 19.1 Å².